The van der Waals surface area contributed by atoms with Crippen molar-refractivity contribution in [1.82, 2.24) is 15.4 Å². The van der Waals surface area contributed by atoms with E-state index in [1.54, 1.807) is 25.3 Å². The second-order valence-corrected chi connectivity index (χ2v) is 5.28. The zero-order valence-corrected chi connectivity index (χ0v) is 12.9. The van der Waals surface area contributed by atoms with E-state index in [0.29, 0.717) is 35.3 Å². The summed E-state index contributed by atoms with van der Waals surface area (Å²) in [4.78, 5) is 11.4. The number of nitrogens with zero attached hydrogens (tertiary/aromatic N) is 2. The molecule has 1 aromatic heterocycles. The SMILES string of the molecule is COc1ccc(-c2n[nH]nc2C(N)=O)cc1OCCC(C)C. The Labute approximate surface area is 128 Å². The molecule has 0 atom stereocenters. The number of benzene rings is 1. The molecule has 0 saturated heterocycles. The number of ether oxygens (including phenoxy) is 2. The van der Waals surface area contributed by atoms with Gasteiger partial charge >= 0.3 is 0 Å². The highest BCUT2D eigenvalue weighted by molar-refractivity contribution is 5.96. The van der Waals surface area contributed by atoms with Crippen LogP contribution in [0.15, 0.2) is 18.2 Å². The predicted octanol–water partition coefficient (Wildman–Crippen LogP) is 2.00. The van der Waals surface area contributed by atoms with Crippen molar-refractivity contribution in [2.45, 2.75) is 20.3 Å². The molecular formula is C15H20N4O3. The highest BCUT2D eigenvalue weighted by Gasteiger charge is 2.17. The van der Waals surface area contributed by atoms with Gasteiger partial charge in [0.25, 0.3) is 5.91 Å². The van der Waals surface area contributed by atoms with Gasteiger partial charge in [-0.25, -0.2) is 0 Å². The number of amides is 1. The number of hydrogen-bond acceptors (Lipinski definition) is 5. The quantitative estimate of drug-likeness (QED) is 0.814. The number of nitrogens with two attached hydrogens (primary N) is 1. The van der Waals surface area contributed by atoms with Gasteiger partial charge in [-0.15, -0.1) is 0 Å². The molecule has 0 aliphatic rings. The maximum Gasteiger partial charge on any atom is 0.271 e. The van der Waals surface area contributed by atoms with Crippen LogP contribution in [0.2, 0.25) is 0 Å². The lowest BCUT2D eigenvalue weighted by Crippen LogP contribution is -2.12. The highest BCUT2D eigenvalue weighted by Crippen LogP contribution is 2.32. The minimum atomic E-state index is -0.637. The van der Waals surface area contributed by atoms with Crippen LogP contribution in [0.5, 0.6) is 11.5 Å². The zero-order valence-electron chi connectivity index (χ0n) is 12.9. The van der Waals surface area contributed by atoms with Crippen LogP contribution in [0.1, 0.15) is 30.8 Å². The van der Waals surface area contributed by atoms with Gasteiger partial charge in [-0.3, -0.25) is 4.79 Å². The van der Waals surface area contributed by atoms with Crippen molar-refractivity contribution in [3.05, 3.63) is 23.9 Å². The maximum atomic E-state index is 11.4. The van der Waals surface area contributed by atoms with Crippen LogP contribution in [0, 0.1) is 5.92 Å². The molecule has 7 nitrogen and oxygen atoms in total. The van der Waals surface area contributed by atoms with Crippen LogP contribution in [0.25, 0.3) is 11.3 Å². The minimum absolute atomic E-state index is 0.0956. The summed E-state index contributed by atoms with van der Waals surface area (Å²) in [6, 6.07) is 5.31. The van der Waals surface area contributed by atoms with Crippen molar-refractivity contribution in [2.75, 3.05) is 13.7 Å². The van der Waals surface area contributed by atoms with Gasteiger partial charge in [-0.2, -0.15) is 15.4 Å². The van der Waals surface area contributed by atoms with Gasteiger partial charge in [0.1, 0.15) is 5.69 Å². The summed E-state index contributed by atoms with van der Waals surface area (Å²) in [6.07, 6.45) is 0.934. The van der Waals surface area contributed by atoms with Crippen LogP contribution in [0.4, 0.5) is 0 Å². The topological polar surface area (TPSA) is 103 Å². The molecule has 0 fully saturated rings. The molecule has 3 N–H and O–H groups in total. The van der Waals surface area contributed by atoms with Gasteiger partial charge in [-0.05, 0) is 30.5 Å². The van der Waals surface area contributed by atoms with Crippen LogP contribution < -0.4 is 15.2 Å². The van der Waals surface area contributed by atoms with Crippen LogP contribution in [0.3, 0.4) is 0 Å². The Balaban J connectivity index is 2.30. The summed E-state index contributed by atoms with van der Waals surface area (Å²) in [6.45, 7) is 4.84. The fourth-order valence-electron chi connectivity index (χ4n) is 1.95. The van der Waals surface area contributed by atoms with Gasteiger partial charge in [0, 0.05) is 5.56 Å². The number of H-pyrrole nitrogens is 1. The molecule has 118 valence electrons. The first-order valence-corrected chi connectivity index (χ1v) is 7.04. The average Bonchev–Trinajstić information content (AvgIpc) is 2.96. The molecule has 7 heteroatoms. The second-order valence-electron chi connectivity index (χ2n) is 5.28. The third-order valence-corrected chi connectivity index (χ3v) is 3.17. The van der Waals surface area contributed by atoms with Crippen molar-refractivity contribution in [3.63, 3.8) is 0 Å². The van der Waals surface area contributed by atoms with E-state index in [-0.39, 0.29) is 5.69 Å². The summed E-state index contributed by atoms with van der Waals surface area (Å²) in [5, 5.41) is 10.2. The molecule has 0 spiro atoms. The fourth-order valence-corrected chi connectivity index (χ4v) is 1.95. The first-order chi connectivity index (χ1) is 10.5. The van der Waals surface area contributed by atoms with Crippen LogP contribution in [-0.2, 0) is 0 Å². The van der Waals surface area contributed by atoms with E-state index < -0.39 is 5.91 Å². The first-order valence-electron chi connectivity index (χ1n) is 7.04. The Morgan fingerprint density at radius 2 is 2.09 bits per heavy atom. The third kappa shape index (κ3) is 3.55. The number of methoxy groups -OCH3 is 1. The van der Waals surface area contributed by atoms with Gasteiger partial charge < -0.3 is 15.2 Å². The molecule has 0 aliphatic heterocycles. The van der Waals surface area contributed by atoms with Gasteiger partial charge in [-0.1, -0.05) is 13.8 Å². The van der Waals surface area contributed by atoms with Crippen molar-refractivity contribution >= 4 is 5.91 Å². The van der Waals surface area contributed by atoms with E-state index in [1.165, 1.54) is 0 Å². The molecule has 1 heterocycles. The first kappa shape index (κ1) is 15.8. The molecule has 0 bridgehead atoms. The molecule has 0 aliphatic carbocycles. The number of primary amides is 1. The van der Waals surface area contributed by atoms with E-state index in [0.717, 1.165) is 6.42 Å². The molecule has 22 heavy (non-hydrogen) atoms. The molecule has 2 rings (SSSR count). The number of rotatable bonds is 7. The number of hydrogen-bond donors (Lipinski definition) is 2. The normalized spacial score (nSPS) is 10.7. The molecule has 0 radical (unpaired) electrons. The summed E-state index contributed by atoms with van der Waals surface area (Å²) in [7, 11) is 1.58. The van der Waals surface area contributed by atoms with Crippen molar-refractivity contribution in [1.29, 1.82) is 0 Å². The largest absolute Gasteiger partial charge is 0.493 e. The van der Waals surface area contributed by atoms with E-state index in [1.807, 2.05) is 0 Å². The zero-order chi connectivity index (χ0) is 16.1. The molecular weight excluding hydrogens is 284 g/mol. The lowest BCUT2D eigenvalue weighted by atomic mass is 10.1. The third-order valence-electron chi connectivity index (χ3n) is 3.17. The minimum Gasteiger partial charge on any atom is -0.493 e. The fraction of sp³-hybridized carbons (Fsp3) is 0.400. The Hall–Kier alpha value is -2.57. The number of aromatic amines is 1. The highest BCUT2D eigenvalue weighted by atomic mass is 16.5. The van der Waals surface area contributed by atoms with Gasteiger partial charge in [0.05, 0.1) is 13.7 Å². The van der Waals surface area contributed by atoms with E-state index in [9.17, 15) is 4.79 Å². The van der Waals surface area contributed by atoms with E-state index in [4.69, 9.17) is 15.2 Å². The summed E-state index contributed by atoms with van der Waals surface area (Å²) in [5.41, 5.74) is 6.46. The Bertz CT molecular complexity index is 652. The molecule has 0 unspecified atom stereocenters. The summed E-state index contributed by atoms with van der Waals surface area (Å²) >= 11 is 0. The number of carbonyl (C=O) groups is 1. The summed E-state index contributed by atoms with van der Waals surface area (Å²) < 4.78 is 11.1. The van der Waals surface area contributed by atoms with Crippen LogP contribution >= 0.6 is 0 Å². The van der Waals surface area contributed by atoms with Crippen molar-refractivity contribution in [2.24, 2.45) is 11.7 Å². The van der Waals surface area contributed by atoms with Crippen LogP contribution in [-0.4, -0.2) is 35.0 Å². The molecule has 1 amide bonds. The number of carbonyl (C=O) groups excluding carboxylic acids is 1. The standard InChI is InChI=1S/C15H20N4O3/c1-9(2)6-7-22-12-8-10(4-5-11(12)21-3)13-14(15(16)20)18-19-17-13/h4-5,8-9H,6-7H2,1-3H3,(H2,16,20)(H,17,18,19). The molecule has 1 aromatic carbocycles. The molecule has 2 aromatic rings. The summed E-state index contributed by atoms with van der Waals surface area (Å²) in [5.74, 6) is 1.13. The smallest absolute Gasteiger partial charge is 0.271 e. The lowest BCUT2D eigenvalue weighted by Gasteiger charge is -2.13. The van der Waals surface area contributed by atoms with Gasteiger partial charge in [0.15, 0.2) is 17.2 Å². The van der Waals surface area contributed by atoms with Crippen molar-refractivity contribution < 1.29 is 14.3 Å². The average molecular weight is 304 g/mol. The number of nitrogens with one attached hydrogen (secondary N) is 1. The Kier molecular flexibility index (Phi) is 4.98. The monoisotopic (exact) mass is 304 g/mol. The maximum absolute atomic E-state index is 11.4. The van der Waals surface area contributed by atoms with E-state index in [2.05, 4.69) is 29.3 Å². The number of aromatic nitrogens is 3. The lowest BCUT2D eigenvalue weighted by molar-refractivity contribution is 0.0996. The molecule has 0 saturated carbocycles. The van der Waals surface area contributed by atoms with Crippen molar-refractivity contribution in [3.8, 4) is 22.8 Å². The van der Waals surface area contributed by atoms with Gasteiger partial charge in [0.2, 0.25) is 0 Å². The Morgan fingerprint density at radius 3 is 2.73 bits per heavy atom. The second kappa shape index (κ2) is 6.93. The predicted molar refractivity (Wildman–Crippen MR) is 81.8 cm³/mol. The Morgan fingerprint density at radius 1 is 1.32 bits per heavy atom. The van der Waals surface area contributed by atoms with E-state index >= 15 is 0 Å².